The van der Waals surface area contributed by atoms with Crippen LogP contribution in [0.2, 0.25) is 0 Å². The molecule has 2 heterocycles. The summed E-state index contributed by atoms with van der Waals surface area (Å²) < 4.78 is 0. The fraction of sp³-hybridized carbons (Fsp3) is 0.400. The van der Waals surface area contributed by atoms with E-state index in [2.05, 4.69) is 16.0 Å². The molecule has 4 heteroatoms. The maximum Gasteiger partial charge on any atom is 0.0653 e. The minimum atomic E-state index is -0.529. The van der Waals surface area contributed by atoms with E-state index in [-0.39, 0.29) is 0 Å². The van der Waals surface area contributed by atoms with Crippen molar-refractivity contribution in [3.63, 3.8) is 0 Å². The molecule has 1 fully saturated rings. The molecule has 1 saturated heterocycles. The van der Waals surface area contributed by atoms with Crippen molar-refractivity contribution in [3.05, 3.63) is 30.6 Å². The molecule has 0 spiro atoms. The van der Waals surface area contributed by atoms with Crippen LogP contribution in [-0.2, 0) is 0 Å². The van der Waals surface area contributed by atoms with Gasteiger partial charge < -0.3 is 15.7 Å². The quantitative estimate of drug-likeness (QED) is 0.769. The van der Waals surface area contributed by atoms with Gasteiger partial charge in [-0.25, -0.2) is 0 Å². The molecule has 0 atom stereocenters. The van der Waals surface area contributed by atoms with Crippen molar-refractivity contribution >= 4 is 22.1 Å². The largest absolute Gasteiger partial charge is 0.398 e. The van der Waals surface area contributed by atoms with Crippen molar-refractivity contribution < 1.29 is 5.11 Å². The van der Waals surface area contributed by atoms with Crippen LogP contribution in [0.4, 0.5) is 11.4 Å². The molecule has 19 heavy (non-hydrogen) atoms. The van der Waals surface area contributed by atoms with Crippen LogP contribution in [0, 0.1) is 0 Å². The van der Waals surface area contributed by atoms with E-state index in [1.807, 2.05) is 25.3 Å². The Labute approximate surface area is 112 Å². The molecule has 1 aliphatic rings. The lowest BCUT2D eigenvalue weighted by molar-refractivity contribution is 0.0352. The summed E-state index contributed by atoms with van der Waals surface area (Å²) in [5, 5.41) is 12.2. The van der Waals surface area contributed by atoms with Crippen molar-refractivity contribution in [3.8, 4) is 0 Å². The van der Waals surface area contributed by atoms with Gasteiger partial charge in [-0.2, -0.15) is 0 Å². The maximum atomic E-state index is 10.0. The summed E-state index contributed by atoms with van der Waals surface area (Å²) in [6.07, 6.45) is 5.22. The standard InChI is InChI=1S/C15H19N3O/c1-15(19)5-8-18(9-6-15)14-3-2-13(16)11-4-7-17-10-12(11)14/h2-4,7,10,19H,5-6,8-9,16H2,1H3. The average Bonchev–Trinajstić information content (AvgIpc) is 2.40. The van der Waals surface area contributed by atoms with Gasteiger partial charge in [0.25, 0.3) is 0 Å². The van der Waals surface area contributed by atoms with Crippen LogP contribution in [0.15, 0.2) is 30.6 Å². The smallest absolute Gasteiger partial charge is 0.0653 e. The fourth-order valence-corrected chi connectivity index (χ4v) is 2.70. The highest BCUT2D eigenvalue weighted by Gasteiger charge is 2.28. The van der Waals surface area contributed by atoms with E-state index in [1.165, 1.54) is 0 Å². The third-order valence-electron chi connectivity index (χ3n) is 4.01. The highest BCUT2D eigenvalue weighted by Crippen LogP contribution is 2.33. The maximum absolute atomic E-state index is 10.0. The van der Waals surface area contributed by atoms with E-state index in [1.54, 1.807) is 6.20 Å². The van der Waals surface area contributed by atoms with Gasteiger partial charge in [-0.1, -0.05) is 0 Å². The first-order chi connectivity index (χ1) is 9.07. The Bertz CT molecular complexity index is 599. The number of nitrogen functional groups attached to an aromatic ring is 1. The predicted molar refractivity (Wildman–Crippen MR) is 78.2 cm³/mol. The number of hydrogen-bond donors (Lipinski definition) is 2. The zero-order valence-electron chi connectivity index (χ0n) is 11.1. The third-order valence-corrected chi connectivity index (χ3v) is 4.01. The van der Waals surface area contributed by atoms with Crippen LogP contribution in [0.25, 0.3) is 10.8 Å². The monoisotopic (exact) mass is 257 g/mol. The fourth-order valence-electron chi connectivity index (χ4n) is 2.70. The van der Waals surface area contributed by atoms with E-state index >= 15 is 0 Å². The topological polar surface area (TPSA) is 62.4 Å². The van der Waals surface area contributed by atoms with E-state index in [4.69, 9.17) is 5.73 Å². The number of anilines is 2. The molecule has 2 aromatic rings. The number of fused-ring (bicyclic) bond motifs is 1. The molecule has 4 nitrogen and oxygen atoms in total. The molecular formula is C15H19N3O. The van der Waals surface area contributed by atoms with Gasteiger partial charge in [0.2, 0.25) is 0 Å². The Morgan fingerprint density at radius 3 is 2.68 bits per heavy atom. The summed E-state index contributed by atoms with van der Waals surface area (Å²) in [7, 11) is 0. The summed E-state index contributed by atoms with van der Waals surface area (Å²) in [4.78, 5) is 6.51. The van der Waals surface area contributed by atoms with Gasteiger partial charge in [0.05, 0.1) is 5.60 Å². The summed E-state index contributed by atoms with van der Waals surface area (Å²) in [5.41, 5.74) is 7.42. The van der Waals surface area contributed by atoms with Crippen LogP contribution in [0.5, 0.6) is 0 Å². The second-order valence-electron chi connectivity index (χ2n) is 5.58. The molecule has 1 aromatic carbocycles. The Morgan fingerprint density at radius 1 is 1.21 bits per heavy atom. The van der Waals surface area contributed by atoms with Crippen molar-refractivity contribution in [2.45, 2.75) is 25.4 Å². The lowest BCUT2D eigenvalue weighted by atomic mass is 9.93. The summed E-state index contributed by atoms with van der Waals surface area (Å²) >= 11 is 0. The molecule has 0 radical (unpaired) electrons. The second kappa shape index (κ2) is 4.38. The lowest BCUT2D eigenvalue weighted by Crippen LogP contribution is -2.42. The van der Waals surface area contributed by atoms with Gasteiger partial charge in [-0.15, -0.1) is 0 Å². The van der Waals surface area contributed by atoms with E-state index in [9.17, 15) is 5.11 Å². The van der Waals surface area contributed by atoms with Crippen molar-refractivity contribution in [2.75, 3.05) is 23.7 Å². The van der Waals surface area contributed by atoms with Crippen LogP contribution in [-0.4, -0.2) is 28.8 Å². The predicted octanol–water partition coefficient (Wildman–Crippen LogP) is 2.17. The number of aromatic nitrogens is 1. The molecule has 3 N–H and O–H groups in total. The number of piperidine rings is 1. The minimum absolute atomic E-state index is 0.529. The van der Waals surface area contributed by atoms with Gasteiger partial charge in [0.1, 0.15) is 0 Å². The van der Waals surface area contributed by atoms with Crippen molar-refractivity contribution in [1.82, 2.24) is 4.98 Å². The van der Waals surface area contributed by atoms with Crippen LogP contribution >= 0.6 is 0 Å². The summed E-state index contributed by atoms with van der Waals surface area (Å²) in [6, 6.07) is 5.96. The first-order valence-electron chi connectivity index (χ1n) is 6.66. The minimum Gasteiger partial charge on any atom is -0.398 e. The molecule has 1 aromatic heterocycles. The Hall–Kier alpha value is -1.81. The highest BCUT2D eigenvalue weighted by molar-refractivity contribution is 6.00. The van der Waals surface area contributed by atoms with Crippen molar-refractivity contribution in [1.29, 1.82) is 0 Å². The van der Waals surface area contributed by atoms with Gasteiger partial charge in [-0.05, 0) is 38.0 Å². The van der Waals surface area contributed by atoms with E-state index in [0.717, 1.165) is 48.1 Å². The third kappa shape index (κ3) is 2.24. The average molecular weight is 257 g/mol. The molecule has 3 rings (SSSR count). The molecule has 0 saturated carbocycles. The molecule has 0 unspecified atom stereocenters. The first-order valence-corrected chi connectivity index (χ1v) is 6.66. The highest BCUT2D eigenvalue weighted by atomic mass is 16.3. The zero-order chi connectivity index (χ0) is 13.5. The molecule has 0 amide bonds. The first kappa shape index (κ1) is 12.2. The normalized spacial score (nSPS) is 18.7. The number of rotatable bonds is 1. The lowest BCUT2D eigenvalue weighted by Gasteiger charge is -2.37. The molecule has 100 valence electrons. The van der Waals surface area contributed by atoms with Crippen LogP contribution < -0.4 is 10.6 Å². The number of pyridine rings is 1. The summed E-state index contributed by atoms with van der Waals surface area (Å²) in [6.45, 7) is 3.63. The number of hydrogen-bond acceptors (Lipinski definition) is 4. The molecule has 0 aliphatic carbocycles. The molecule has 1 aliphatic heterocycles. The molecular weight excluding hydrogens is 238 g/mol. The number of nitrogens with two attached hydrogens (primary N) is 1. The number of aliphatic hydroxyl groups is 1. The Morgan fingerprint density at radius 2 is 1.95 bits per heavy atom. The van der Waals surface area contributed by atoms with E-state index < -0.39 is 5.60 Å². The van der Waals surface area contributed by atoms with Gasteiger partial charge in [-0.3, -0.25) is 4.98 Å². The SMILES string of the molecule is CC1(O)CCN(c2ccc(N)c3ccncc23)CC1. The zero-order valence-corrected chi connectivity index (χ0v) is 11.1. The van der Waals surface area contributed by atoms with Gasteiger partial charge >= 0.3 is 0 Å². The second-order valence-corrected chi connectivity index (χ2v) is 5.58. The Balaban J connectivity index is 2.00. The van der Waals surface area contributed by atoms with Crippen molar-refractivity contribution in [2.24, 2.45) is 0 Å². The van der Waals surface area contributed by atoms with Crippen LogP contribution in [0.1, 0.15) is 19.8 Å². The molecule has 0 bridgehead atoms. The van der Waals surface area contributed by atoms with Crippen LogP contribution in [0.3, 0.4) is 0 Å². The Kier molecular flexibility index (Phi) is 2.82. The number of nitrogens with zero attached hydrogens (tertiary/aromatic N) is 2. The number of benzene rings is 1. The van der Waals surface area contributed by atoms with E-state index in [0.29, 0.717) is 0 Å². The van der Waals surface area contributed by atoms with Gasteiger partial charge in [0, 0.05) is 47.6 Å². The summed E-state index contributed by atoms with van der Waals surface area (Å²) in [5.74, 6) is 0. The van der Waals surface area contributed by atoms with Gasteiger partial charge in [0.15, 0.2) is 0 Å².